The second-order valence-electron chi connectivity index (χ2n) is 5.59. The lowest BCUT2D eigenvalue weighted by Crippen LogP contribution is -2.51. The maximum atomic E-state index is 12.0. The molecule has 3 N–H and O–H groups in total. The van der Waals surface area contributed by atoms with Crippen LogP contribution in [0.2, 0.25) is 0 Å². The third kappa shape index (κ3) is 5.99. The Balaban J connectivity index is 0.00000261. The highest BCUT2D eigenvalue weighted by Gasteiger charge is 2.20. The molecule has 0 saturated carbocycles. The molecule has 9 nitrogen and oxygen atoms in total. The number of nitrogens with zero attached hydrogens (tertiary/aromatic N) is 5. The van der Waals surface area contributed by atoms with E-state index in [4.69, 9.17) is 5.73 Å². The van der Waals surface area contributed by atoms with Crippen molar-refractivity contribution in [3.8, 4) is 0 Å². The van der Waals surface area contributed by atoms with Crippen LogP contribution in [-0.2, 0) is 10.0 Å². The van der Waals surface area contributed by atoms with Gasteiger partial charge >= 0.3 is 0 Å². The zero-order chi connectivity index (χ0) is 18.4. The number of hydrogen-bond donors (Lipinski definition) is 2. The molecule has 148 valence electrons. The number of nitrogens with one attached hydrogen (secondary N) is 1. The number of thiophene rings is 1. The molecule has 1 fully saturated rings. The van der Waals surface area contributed by atoms with Gasteiger partial charge in [-0.05, 0) is 17.5 Å². The van der Waals surface area contributed by atoms with Gasteiger partial charge in [0.2, 0.25) is 16.0 Å². The summed E-state index contributed by atoms with van der Waals surface area (Å²) >= 11 is 1.18. The first-order chi connectivity index (χ1) is 12.6. The molecule has 0 atom stereocenters. The topological polar surface area (TPSA) is 117 Å². The molecule has 1 aliphatic rings. The number of aliphatic imine (C=N–C) groups is 1. The van der Waals surface area contributed by atoms with Gasteiger partial charge in [-0.2, -0.15) is 0 Å². The van der Waals surface area contributed by atoms with E-state index in [0.717, 1.165) is 13.1 Å². The number of sulfonamides is 1. The summed E-state index contributed by atoms with van der Waals surface area (Å²) in [5.41, 5.74) is 6.03. The number of guanidine groups is 1. The zero-order valence-corrected chi connectivity index (χ0v) is 18.5. The van der Waals surface area contributed by atoms with Crippen LogP contribution in [0.3, 0.4) is 0 Å². The Bertz CT molecular complexity index is 823. The van der Waals surface area contributed by atoms with Gasteiger partial charge in [-0.25, -0.2) is 23.1 Å². The van der Waals surface area contributed by atoms with Crippen LogP contribution in [0, 0.1) is 0 Å². The Morgan fingerprint density at radius 3 is 2.56 bits per heavy atom. The number of rotatable bonds is 6. The number of piperazine rings is 1. The van der Waals surface area contributed by atoms with Crippen molar-refractivity contribution >= 4 is 57.2 Å². The number of halogens is 1. The van der Waals surface area contributed by atoms with E-state index >= 15 is 0 Å². The minimum Gasteiger partial charge on any atom is -0.370 e. The highest BCUT2D eigenvalue weighted by molar-refractivity contribution is 14.0. The van der Waals surface area contributed by atoms with Crippen LogP contribution in [0.1, 0.15) is 0 Å². The molecule has 2 aromatic heterocycles. The molecule has 1 saturated heterocycles. The van der Waals surface area contributed by atoms with Crippen LogP contribution in [0.4, 0.5) is 5.95 Å². The zero-order valence-electron chi connectivity index (χ0n) is 14.6. The van der Waals surface area contributed by atoms with E-state index < -0.39 is 10.0 Å². The quantitative estimate of drug-likeness (QED) is 0.246. The van der Waals surface area contributed by atoms with Gasteiger partial charge in [-0.1, -0.05) is 6.07 Å². The normalized spacial score (nSPS) is 15.5. The van der Waals surface area contributed by atoms with Crippen LogP contribution >= 0.6 is 35.3 Å². The first-order valence-electron chi connectivity index (χ1n) is 8.16. The van der Waals surface area contributed by atoms with Crippen LogP contribution in [-0.4, -0.2) is 68.5 Å². The monoisotopic (exact) mass is 523 g/mol. The Morgan fingerprint density at radius 2 is 1.93 bits per heavy atom. The Morgan fingerprint density at radius 1 is 1.22 bits per heavy atom. The largest absolute Gasteiger partial charge is 0.370 e. The summed E-state index contributed by atoms with van der Waals surface area (Å²) in [6.45, 7) is 3.44. The van der Waals surface area contributed by atoms with Gasteiger partial charge in [0.25, 0.3) is 0 Å². The molecule has 0 amide bonds. The van der Waals surface area contributed by atoms with Crippen molar-refractivity contribution in [2.45, 2.75) is 4.21 Å². The van der Waals surface area contributed by atoms with E-state index in [1.165, 1.54) is 11.3 Å². The van der Waals surface area contributed by atoms with Crippen LogP contribution in [0.5, 0.6) is 0 Å². The summed E-state index contributed by atoms with van der Waals surface area (Å²) in [7, 11) is -3.45. The lowest BCUT2D eigenvalue weighted by Gasteiger charge is -2.35. The fraction of sp³-hybridized carbons (Fsp3) is 0.400. The van der Waals surface area contributed by atoms with Crippen molar-refractivity contribution in [1.29, 1.82) is 0 Å². The standard InChI is InChI=1S/C15H21N7O2S2.HI/c16-14(17-6-7-20-26(23,24)13-3-1-12-25-13)21-8-10-22(11-9-21)15-18-4-2-5-19-15;/h1-5,12,20H,6-11H2,(H2,16,17);1H. The summed E-state index contributed by atoms with van der Waals surface area (Å²) in [5.74, 6) is 1.14. The molecule has 0 bridgehead atoms. The van der Waals surface area contributed by atoms with Gasteiger partial charge < -0.3 is 15.5 Å². The summed E-state index contributed by atoms with van der Waals surface area (Å²) in [6, 6.07) is 5.06. The summed E-state index contributed by atoms with van der Waals surface area (Å²) in [5, 5.41) is 1.73. The van der Waals surface area contributed by atoms with Crippen molar-refractivity contribution in [3.05, 3.63) is 36.0 Å². The smallest absolute Gasteiger partial charge is 0.250 e. The van der Waals surface area contributed by atoms with Crippen molar-refractivity contribution in [1.82, 2.24) is 19.6 Å². The SMILES string of the molecule is I.NC(=NCCNS(=O)(=O)c1cccs1)N1CCN(c2ncccn2)CC1. The molecule has 0 unspecified atom stereocenters. The number of anilines is 1. The molecule has 1 aliphatic heterocycles. The van der Waals surface area contributed by atoms with E-state index in [-0.39, 0.29) is 30.5 Å². The second-order valence-corrected chi connectivity index (χ2v) is 8.53. The third-order valence-corrected chi connectivity index (χ3v) is 6.73. The van der Waals surface area contributed by atoms with Crippen molar-refractivity contribution in [2.75, 3.05) is 44.2 Å². The maximum Gasteiger partial charge on any atom is 0.250 e. The molecule has 0 aliphatic carbocycles. The second kappa shape index (κ2) is 10.1. The van der Waals surface area contributed by atoms with E-state index in [9.17, 15) is 8.42 Å². The lowest BCUT2D eigenvalue weighted by molar-refractivity contribution is 0.378. The molecule has 0 radical (unpaired) electrons. The average Bonchev–Trinajstić information content (AvgIpc) is 3.22. The van der Waals surface area contributed by atoms with Crippen LogP contribution in [0.25, 0.3) is 0 Å². The first kappa shape index (κ1) is 21.8. The number of aromatic nitrogens is 2. The molecule has 12 heteroatoms. The predicted octanol–water partition coefficient (Wildman–Crippen LogP) is 0.571. The Labute approximate surface area is 179 Å². The highest BCUT2D eigenvalue weighted by Crippen LogP contribution is 2.14. The minimum atomic E-state index is -3.45. The van der Waals surface area contributed by atoms with Crippen molar-refractivity contribution < 1.29 is 8.42 Å². The van der Waals surface area contributed by atoms with Gasteiger partial charge in [-0.15, -0.1) is 35.3 Å². The molecule has 3 rings (SSSR count). The van der Waals surface area contributed by atoms with Gasteiger partial charge in [0.1, 0.15) is 4.21 Å². The summed E-state index contributed by atoms with van der Waals surface area (Å²) < 4.78 is 26.8. The lowest BCUT2D eigenvalue weighted by atomic mass is 10.3. The first-order valence-corrected chi connectivity index (χ1v) is 10.5. The van der Waals surface area contributed by atoms with Crippen LogP contribution in [0.15, 0.2) is 45.2 Å². The molecular formula is C15H22IN7O2S2. The van der Waals surface area contributed by atoms with Gasteiger partial charge in [0.15, 0.2) is 5.96 Å². The molecule has 0 aromatic carbocycles. The third-order valence-electron chi connectivity index (χ3n) is 3.88. The predicted molar refractivity (Wildman–Crippen MR) is 117 cm³/mol. The fourth-order valence-corrected chi connectivity index (χ4v) is 4.59. The van der Waals surface area contributed by atoms with E-state index in [1.54, 1.807) is 36.0 Å². The summed E-state index contributed by atoms with van der Waals surface area (Å²) in [4.78, 5) is 16.8. The van der Waals surface area contributed by atoms with Crippen molar-refractivity contribution in [3.63, 3.8) is 0 Å². The van der Waals surface area contributed by atoms with E-state index in [1.807, 2.05) is 4.90 Å². The highest BCUT2D eigenvalue weighted by atomic mass is 127. The van der Waals surface area contributed by atoms with E-state index in [0.29, 0.717) is 35.8 Å². The minimum absolute atomic E-state index is 0. The Hall–Kier alpha value is -1.51. The van der Waals surface area contributed by atoms with Crippen LogP contribution < -0.4 is 15.4 Å². The number of hydrogen-bond acceptors (Lipinski definition) is 7. The van der Waals surface area contributed by atoms with Gasteiger partial charge in [-0.3, -0.25) is 4.99 Å². The Kier molecular flexibility index (Phi) is 8.19. The van der Waals surface area contributed by atoms with E-state index in [2.05, 4.69) is 24.6 Å². The van der Waals surface area contributed by atoms with Gasteiger partial charge in [0.05, 0.1) is 6.54 Å². The maximum absolute atomic E-state index is 12.0. The van der Waals surface area contributed by atoms with Gasteiger partial charge in [0, 0.05) is 45.1 Å². The molecule has 0 spiro atoms. The van der Waals surface area contributed by atoms with Crippen molar-refractivity contribution in [2.24, 2.45) is 10.7 Å². The molecule has 27 heavy (non-hydrogen) atoms. The number of nitrogens with two attached hydrogens (primary N) is 1. The fourth-order valence-electron chi connectivity index (χ4n) is 2.53. The molecule has 3 heterocycles. The molecular weight excluding hydrogens is 501 g/mol. The molecule has 2 aromatic rings. The average molecular weight is 523 g/mol. The summed E-state index contributed by atoms with van der Waals surface area (Å²) in [6.07, 6.45) is 3.45.